The van der Waals surface area contributed by atoms with E-state index in [0.29, 0.717) is 24.0 Å². The van der Waals surface area contributed by atoms with E-state index < -0.39 is 5.63 Å². The molecule has 0 bridgehead atoms. The van der Waals surface area contributed by atoms with Gasteiger partial charge in [0.05, 0.1) is 0 Å². The fourth-order valence-electron chi connectivity index (χ4n) is 2.53. The highest BCUT2D eigenvalue weighted by molar-refractivity contribution is 7.07. The summed E-state index contributed by atoms with van der Waals surface area (Å²) in [5.41, 5.74) is 3.00. The second-order valence-corrected chi connectivity index (χ2v) is 6.35. The van der Waals surface area contributed by atoms with Gasteiger partial charge in [0.25, 0.3) is 0 Å². The Balaban J connectivity index is 1.70. The summed E-state index contributed by atoms with van der Waals surface area (Å²) >= 11 is 1.61. The molecule has 0 radical (unpaired) electrons. The SMILES string of the molecule is CCc1ccc2c(COC(=O)CCc3ccsc3)cc(=O)oc2c1. The van der Waals surface area contributed by atoms with Crippen LogP contribution in [0.2, 0.25) is 0 Å². The Hall–Kier alpha value is -2.40. The summed E-state index contributed by atoms with van der Waals surface area (Å²) in [6, 6.07) is 9.15. The number of benzene rings is 1. The number of fused-ring (bicyclic) bond motifs is 1. The molecule has 24 heavy (non-hydrogen) atoms. The van der Waals surface area contributed by atoms with Gasteiger partial charge in [0, 0.05) is 23.4 Å². The number of rotatable bonds is 6. The van der Waals surface area contributed by atoms with Gasteiger partial charge < -0.3 is 9.15 Å². The van der Waals surface area contributed by atoms with Gasteiger partial charge in [-0.3, -0.25) is 4.79 Å². The topological polar surface area (TPSA) is 56.5 Å². The minimum atomic E-state index is -0.430. The molecule has 0 aliphatic carbocycles. The average molecular weight is 342 g/mol. The van der Waals surface area contributed by atoms with Crippen LogP contribution in [0.5, 0.6) is 0 Å². The largest absolute Gasteiger partial charge is 0.461 e. The number of hydrogen-bond acceptors (Lipinski definition) is 5. The molecule has 3 aromatic rings. The van der Waals surface area contributed by atoms with Crippen LogP contribution in [-0.2, 0) is 29.0 Å². The molecular weight excluding hydrogens is 324 g/mol. The predicted molar refractivity (Wildman–Crippen MR) is 94.3 cm³/mol. The van der Waals surface area contributed by atoms with Gasteiger partial charge in [-0.25, -0.2) is 4.79 Å². The highest BCUT2D eigenvalue weighted by Crippen LogP contribution is 2.20. The van der Waals surface area contributed by atoms with Crippen molar-refractivity contribution in [3.8, 4) is 0 Å². The highest BCUT2D eigenvalue weighted by Gasteiger charge is 2.10. The molecule has 0 N–H and O–H groups in total. The number of hydrogen-bond donors (Lipinski definition) is 0. The summed E-state index contributed by atoms with van der Waals surface area (Å²) in [6.07, 6.45) is 1.86. The van der Waals surface area contributed by atoms with Crippen LogP contribution in [0.15, 0.2) is 50.3 Å². The van der Waals surface area contributed by atoms with Crippen LogP contribution in [0.1, 0.15) is 30.0 Å². The number of carbonyl (C=O) groups is 1. The van der Waals surface area contributed by atoms with Gasteiger partial charge in [-0.15, -0.1) is 0 Å². The first-order chi connectivity index (χ1) is 11.7. The van der Waals surface area contributed by atoms with Gasteiger partial charge in [-0.05, 0) is 46.9 Å². The van der Waals surface area contributed by atoms with Crippen LogP contribution in [0.4, 0.5) is 0 Å². The minimum Gasteiger partial charge on any atom is -0.461 e. The summed E-state index contributed by atoms with van der Waals surface area (Å²) in [5.74, 6) is -0.271. The van der Waals surface area contributed by atoms with E-state index in [2.05, 4.69) is 0 Å². The summed E-state index contributed by atoms with van der Waals surface area (Å²) in [5, 5.41) is 4.81. The van der Waals surface area contributed by atoms with Gasteiger partial charge >= 0.3 is 11.6 Å². The van der Waals surface area contributed by atoms with Gasteiger partial charge in [-0.1, -0.05) is 19.1 Å². The van der Waals surface area contributed by atoms with E-state index >= 15 is 0 Å². The Morgan fingerprint density at radius 2 is 2.08 bits per heavy atom. The molecule has 3 rings (SSSR count). The van der Waals surface area contributed by atoms with Gasteiger partial charge in [-0.2, -0.15) is 11.3 Å². The third kappa shape index (κ3) is 3.92. The van der Waals surface area contributed by atoms with Crippen LogP contribution >= 0.6 is 11.3 Å². The number of carbonyl (C=O) groups excluding carboxylic acids is 1. The second kappa shape index (κ2) is 7.45. The Morgan fingerprint density at radius 3 is 2.83 bits per heavy atom. The number of esters is 1. The molecule has 124 valence electrons. The van der Waals surface area contributed by atoms with E-state index in [-0.39, 0.29) is 12.6 Å². The highest BCUT2D eigenvalue weighted by atomic mass is 32.1. The smallest absolute Gasteiger partial charge is 0.336 e. The third-order valence-corrected chi connectivity index (χ3v) is 4.62. The Morgan fingerprint density at radius 1 is 1.21 bits per heavy atom. The van der Waals surface area contributed by atoms with E-state index in [1.807, 2.05) is 41.9 Å². The van der Waals surface area contributed by atoms with Crippen LogP contribution in [0.3, 0.4) is 0 Å². The van der Waals surface area contributed by atoms with E-state index in [4.69, 9.17) is 9.15 Å². The van der Waals surface area contributed by atoms with E-state index in [0.717, 1.165) is 22.9 Å². The molecule has 1 aromatic carbocycles. The molecule has 0 spiro atoms. The molecule has 0 aliphatic heterocycles. The molecule has 0 fully saturated rings. The lowest BCUT2D eigenvalue weighted by molar-refractivity contribution is -0.144. The Kier molecular flexibility index (Phi) is 5.11. The molecule has 2 aromatic heterocycles. The first-order valence-corrected chi connectivity index (χ1v) is 8.82. The maximum absolute atomic E-state index is 11.9. The van der Waals surface area contributed by atoms with Crippen molar-refractivity contribution in [1.29, 1.82) is 0 Å². The summed E-state index contributed by atoms with van der Waals surface area (Å²) in [7, 11) is 0. The molecule has 2 heterocycles. The Labute approximate surface area is 143 Å². The molecule has 0 atom stereocenters. The summed E-state index contributed by atoms with van der Waals surface area (Å²) < 4.78 is 10.6. The zero-order valence-corrected chi connectivity index (χ0v) is 14.2. The van der Waals surface area contributed by atoms with E-state index in [9.17, 15) is 9.59 Å². The zero-order chi connectivity index (χ0) is 16.9. The lowest BCUT2D eigenvalue weighted by Gasteiger charge is -2.08. The number of thiophene rings is 1. The van der Waals surface area contributed by atoms with Crippen LogP contribution in [-0.4, -0.2) is 5.97 Å². The van der Waals surface area contributed by atoms with Gasteiger partial charge in [0.2, 0.25) is 0 Å². The van der Waals surface area contributed by atoms with Crippen molar-refractivity contribution in [3.63, 3.8) is 0 Å². The zero-order valence-electron chi connectivity index (χ0n) is 13.4. The summed E-state index contributed by atoms with van der Waals surface area (Å²) in [4.78, 5) is 23.6. The average Bonchev–Trinajstić information content (AvgIpc) is 3.10. The summed E-state index contributed by atoms with van der Waals surface area (Å²) in [6.45, 7) is 2.12. The molecule has 0 saturated heterocycles. The molecule has 0 aliphatic rings. The van der Waals surface area contributed by atoms with Gasteiger partial charge in [0.15, 0.2) is 0 Å². The maximum Gasteiger partial charge on any atom is 0.336 e. The maximum atomic E-state index is 11.9. The minimum absolute atomic E-state index is 0.0794. The van der Waals surface area contributed by atoms with Crippen molar-refractivity contribution in [1.82, 2.24) is 0 Å². The quantitative estimate of drug-likeness (QED) is 0.500. The predicted octanol–water partition coefficient (Wildman–Crippen LogP) is 4.09. The first-order valence-electron chi connectivity index (χ1n) is 7.88. The van der Waals surface area contributed by atoms with Crippen LogP contribution < -0.4 is 5.63 Å². The van der Waals surface area contributed by atoms with Crippen molar-refractivity contribution < 1.29 is 13.9 Å². The van der Waals surface area contributed by atoms with Gasteiger partial charge in [0.1, 0.15) is 12.2 Å². The molecule has 0 amide bonds. The van der Waals surface area contributed by atoms with Crippen LogP contribution in [0, 0.1) is 0 Å². The second-order valence-electron chi connectivity index (χ2n) is 5.57. The molecule has 0 saturated carbocycles. The lowest BCUT2D eigenvalue weighted by atomic mass is 10.1. The van der Waals surface area contributed by atoms with Crippen molar-refractivity contribution in [2.75, 3.05) is 0 Å². The standard InChI is InChI=1S/C19H18O4S/c1-2-13-3-5-16-15(10-19(21)23-17(16)9-13)11-22-18(20)6-4-14-7-8-24-12-14/h3,5,7-10,12H,2,4,6,11H2,1H3. The van der Waals surface area contributed by atoms with Crippen molar-refractivity contribution in [2.24, 2.45) is 0 Å². The van der Waals surface area contributed by atoms with Crippen LogP contribution in [0.25, 0.3) is 11.0 Å². The number of aryl methyl sites for hydroxylation is 2. The normalized spacial score (nSPS) is 10.9. The third-order valence-electron chi connectivity index (χ3n) is 3.89. The van der Waals surface area contributed by atoms with Crippen molar-refractivity contribution >= 4 is 28.3 Å². The monoisotopic (exact) mass is 342 g/mol. The first kappa shape index (κ1) is 16.5. The molecule has 4 nitrogen and oxygen atoms in total. The molecular formula is C19H18O4S. The Bertz CT molecular complexity index is 893. The fraction of sp³-hybridized carbons (Fsp3) is 0.263. The molecule has 5 heteroatoms. The van der Waals surface area contributed by atoms with Crippen molar-refractivity contribution in [3.05, 3.63) is 68.2 Å². The number of ether oxygens (including phenoxy) is 1. The van der Waals surface area contributed by atoms with E-state index in [1.165, 1.54) is 6.07 Å². The fourth-order valence-corrected chi connectivity index (χ4v) is 3.23. The molecule has 0 unspecified atom stereocenters. The lowest BCUT2D eigenvalue weighted by Crippen LogP contribution is -2.08. The van der Waals surface area contributed by atoms with Crippen molar-refractivity contribution in [2.45, 2.75) is 32.8 Å². The van der Waals surface area contributed by atoms with E-state index in [1.54, 1.807) is 11.3 Å².